The summed E-state index contributed by atoms with van der Waals surface area (Å²) in [6, 6.07) is 20.3. The molecule has 0 aliphatic carbocycles. The molecule has 0 fully saturated rings. The molecule has 9 heteroatoms. The number of aromatic nitrogens is 1. The molecule has 0 unspecified atom stereocenters. The second-order valence-electron chi connectivity index (χ2n) is 7.71. The van der Waals surface area contributed by atoms with Gasteiger partial charge < -0.3 is 15.2 Å². The molecule has 0 saturated carbocycles. The van der Waals surface area contributed by atoms with Gasteiger partial charge in [0.05, 0.1) is 12.3 Å². The van der Waals surface area contributed by atoms with Crippen molar-refractivity contribution in [1.29, 1.82) is 0 Å². The van der Waals surface area contributed by atoms with Crippen molar-refractivity contribution in [2.24, 2.45) is 0 Å². The predicted molar refractivity (Wildman–Crippen MR) is 139 cm³/mol. The van der Waals surface area contributed by atoms with Crippen LogP contribution in [0.15, 0.2) is 72.1 Å². The van der Waals surface area contributed by atoms with Gasteiger partial charge in [0.2, 0.25) is 0 Å². The third-order valence-corrected chi connectivity index (χ3v) is 6.14. The number of ether oxygens (including phenoxy) is 1. The largest absolute Gasteiger partial charge is 0.493 e. The molecule has 1 aromatic heterocycles. The molecular weight excluding hydrogens is 486 g/mol. The fourth-order valence-corrected chi connectivity index (χ4v) is 4.26. The minimum absolute atomic E-state index is 0.207. The predicted octanol–water partition coefficient (Wildman–Crippen LogP) is 6.74. The Balaban J connectivity index is 1.37. The topological polar surface area (TPSA) is 101 Å². The SMILES string of the molecule is Cc1ccc(-c2ccc(Cl)cc2)c(C(=O)Nc2ccc(OCCc3csc(NC(=O)O)n3)cc2)c1. The molecule has 0 bridgehead atoms. The van der Waals surface area contributed by atoms with Gasteiger partial charge in [0.15, 0.2) is 5.13 Å². The van der Waals surface area contributed by atoms with E-state index in [1.54, 1.807) is 41.8 Å². The molecule has 0 spiro atoms. The van der Waals surface area contributed by atoms with E-state index in [9.17, 15) is 9.59 Å². The van der Waals surface area contributed by atoms with Gasteiger partial charge in [0.1, 0.15) is 5.75 Å². The molecule has 0 saturated heterocycles. The summed E-state index contributed by atoms with van der Waals surface area (Å²) in [5.41, 5.74) is 4.70. The maximum Gasteiger partial charge on any atom is 0.410 e. The Morgan fingerprint density at radius 2 is 1.77 bits per heavy atom. The first kappa shape index (κ1) is 24.3. The highest BCUT2D eigenvalue weighted by molar-refractivity contribution is 7.13. The van der Waals surface area contributed by atoms with E-state index in [1.807, 2.05) is 37.3 Å². The average molecular weight is 508 g/mol. The number of hydrogen-bond donors (Lipinski definition) is 3. The van der Waals surface area contributed by atoms with E-state index in [-0.39, 0.29) is 5.91 Å². The van der Waals surface area contributed by atoms with Gasteiger partial charge in [-0.25, -0.2) is 9.78 Å². The third kappa shape index (κ3) is 6.59. The zero-order chi connectivity index (χ0) is 24.8. The van der Waals surface area contributed by atoms with Crippen LogP contribution >= 0.6 is 22.9 Å². The summed E-state index contributed by atoms with van der Waals surface area (Å²) in [6.07, 6.45) is -0.602. The first-order valence-electron chi connectivity index (χ1n) is 10.7. The lowest BCUT2D eigenvalue weighted by molar-refractivity contribution is 0.102. The van der Waals surface area contributed by atoms with Crippen LogP contribution in [0.4, 0.5) is 15.6 Å². The van der Waals surface area contributed by atoms with Crippen molar-refractivity contribution in [3.05, 3.63) is 94.0 Å². The average Bonchev–Trinajstić information content (AvgIpc) is 3.27. The van der Waals surface area contributed by atoms with Crippen LogP contribution < -0.4 is 15.4 Å². The summed E-state index contributed by atoms with van der Waals surface area (Å²) >= 11 is 7.24. The van der Waals surface area contributed by atoms with E-state index >= 15 is 0 Å². The van der Waals surface area contributed by atoms with Crippen molar-refractivity contribution in [1.82, 2.24) is 4.98 Å². The van der Waals surface area contributed by atoms with Crippen LogP contribution in [0.1, 0.15) is 21.6 Å². The fraction of sp³-hybridized carbons (Fsp3) is 0.115. The molecule has 4 rings (SSSR count). The van der Waals surface area contributed by atoms with Crippen LogP contribution in [-0.4, -0.2) is 28.7 Å². The lowest BCUT2D eigenvalue weighted by Gasteiger charge is -2.12. The van der Waals surface area contributed by atoms with Crippen LogP contribution in [-0.2, 0) is 6.42 Å². The van der Waals surface area contributed by atoms with Crippen molar-refractivity contribution in [2.75, 3.05) is 17.2 Å². The molecule has 0 atom stereocenters. The summed E-state index contributed by atoms with van der Waals surface area (Å²) in [5, 5.41) is 16.7. The minimum Gasteiger partial charge on any atom is -0.493 e. The van der Waals surface area contributed by atoms with Crippen molar-refractivity contribution < 1.29 is 19.4 Å². The number of halogens is 1. The minimum atomic E-state index is -1.14. The van der Waals surface area contributed by atoms with Crippen LogP contribution in [0, 0.1) is 6.92 Å². The number of thiazole rings is 1. The Bertz CT molecular complexity index is 1340. The van der Waals surface area contributed by atoms with Gasteiger partial charge in [0, 0.05) is 28.1 Å². The van der Waals surface area contributed by atoms with E-state index in [2.05, 4.69) is 15.6 Å². The number of carbonyl (C=O) groups is 2. The molecule has 2 amide bonds. The molecule has 3 aromatic carbocycles. The van der Waals surface area contributed by atoms with Crippen molar-refractivity contribution in [3.63, 3.8) is 0 Å². The maximum absolute atomic E-state index is 13.1. The fourth-order valence-electron chi connectivity index (χ4n) is 3.40. The highest BCUT2D eigenvalue weighted by Gasteiger charge is 2.14. The van der Waals surface area contributed by atoms with Crippen LogP contribution in [0.2, 0.25) is 5.02 Å². The molecular formula is C26H22ClN3O4S. The number of nitrogens with one attached hydrogen (secondary N) is 2. The first-order valence-corrected chi connectivity index (χ1v) is 12.0. The van der Waals surface area contributed by atoms with Gasteiger partial charge in [-0.3, -0.25) is 10.1 Å². The number of nitrogens with zero attached hydrogens (tertiary/aromatic N) is 1. The number of anilines is 2. The molecule has 1 heterocycles. The number of carboxylic acid groups (broad SMARTS) is 1. The third-order valence-electron chi connectivity index (χ3n) is 5.08. The van der Waals surface area contributed by atoms with Gasteiger partial charge in [-0.1, -0.05) is 41.4 Å². The summed E-state index contributed by atoms with van der Waals surface area (Å²) in [4.78, 5) is 27.9. The molecule has 3 N–H and O–H groups in total. The van der Waals surface area contributed by atoms with Gasteiger partial charge >= 0.3 is 6.09 Å². The summed E-state index contributed by atoms with van der Waals surface area (Å²) in [7, 11) is 0. The van der Waals surface area contributed by atoms with Crippen LogP contribution in [0.3, 0.4) is 0 Å². The quantitative estimate of drug-likeness (QED) is 0.245. The number of benzene rings is 3. The lowest BCUT2D eigenvalue weighted by atomic mass is 9.97. The van der Waals surface area contributed by atoms with Gasteiger partial charge in [-0.15, -0.1) is 11.3 Å². The van der Waals surface area contributed by atoms with Gasteiger partial charge in [-0.2, -0.15) is 0 Å². The number of amides is 2. The Morgan fingerprint density at radius 3 is 2.49 bits per heavy atom. The molecule has 0 aliphatic heterocycles. The van der Waals surface area contributed by atoms with E-state index in [4.69, 9.17) is 21.4 Å². The Morgan fingerprint density at radius 1 is 1.03 bits per heavy atom. The standard InChI is InChI=1S/C26H22ClN3O4S/c1-16-2-11-22(17-3-5-18(27)6-4-17)23(14-16)24(31)28-19-7-9-21(10-8-19)34-13-12-20-15-35-25(29-20)30-26(32)33/h2-11,14-15H,12-13H2,1H3,(H,28,31)(H,29,30)(H,32,33). The smallest absolute Gasteiger partial charge is 0.410 e. The normalized spacial score (nSPS) is 10.6. The summed E-state index contributed by atoms with van der Waals surface area (Å²) < 4.78 is 5.75. The monoisotopic (exact) mass is 507 g/mol. The van der Waals surface area contributed by atoms with E-state index in [0.29, 0.717) is 40.2 Å². The molecule has 35 heavy (non-hydrogen) atoms. The molecule has 0 radical (unpaired) electrons. The van der Waals surface area contributed by atoms with Crippen molar-refractivity contribution >= 4 is 45.8 Å². The highest BCUT2D eigenvalue weighted by Crippen LogP contribution is 2.27. The molecule has 4 aromatic rings. The second kappa shape index (κ2) is 11.0. The Kier molecular flexibility index (Phi) is 7.64. The Labute approximate surface area is 211 Å². The lowest BCUT2D eigenvalue weighted by Crippen LogP contribution is -2.13. The van der Waals surface area contributed by atoms with Gasteiger partial charge in [-0.05, 0) is 60.5 Å². The highest BCUT2D eigenvalue weighted by atomic mass is 35.5. The van der Waals surface area contributed by atoms with Gasteiger partial charge in [0.25, 0.3) is 5.91 Å². The number of rotatable bonds is 8. The number of aryl methyl sites for hydroxylation is 1. The van der Waals surface area contributed by atoms with Crippen molar-refractivity contribution in [2.45, 2.75) is 13.3 Å². The zero-order valence-corrected chi connectivity index (χ0v) is 20.3. The van der Waals surface area contributed by atoms with E-state index < -0.39 is 6.09 Å². The Hall–Kier alpha value is -3.88. The van der Waals surface area contributed by atoms with Crippen LogP contribution in [0.5, 0.6) is 5.75 Å². The zero-order valence-electron chi connectivity index (χ0n) is 18.7. The molecule has 7 nitrogen and oxygen atoms in total. The molecule has 178 valence electrons. The second-order valence-corrected chi connectivity index (χ2v) is 9.00. The number of carbonyl (C=O) groups excluding carboxylic acids is 1. The van der Waals surface area contributed by atoms with Crippen LogP contribution in [0.25, 0.3) is 11.1 Å². The first-order chi connectivity index (χ1) is 16.9. The maximum atomic E-state index is 13.1. The summed E-state index contributed by atoms with van der Waals surface area (Å²) in [5.74, 6) is 0.446. The van der Waals surface area contributed by atoms with E-state index in [1.165, 1.54) is 11.3 Å². The number of hydrogen-bond acceptors (Lipinski definition) is 5. The van der Waals surface area contributed by atoms with E-state index in [0.717, 1.165) is 22.4 Å². The van der Waals surface area contributed by atoms with Crippen molar-refractivity contribution in [3.8, 4) is 16.9 Å². The summed E-state index contributed by atoms with van der Waals surface area (Å²) in [6.45, 7) is 2.33. The molecule has 0 aliphatic rings.